The lowest BCUT2D eigenvalue weighted by Crippen LogP contribution is -2.30. The van der Waals surface area contributed by atoms with E-state index in [-0.39, 0.29) is 4.90 Å². The summed E-state index contributed by atoms with van der Waals surface area (Å²) in [5.74, 6) is -0.393. The third-order valence-corrected chi connectivity index (χ3v) is 5.62. The third-order valence-electron chi connectivity index (χ3n) is 3.56. The molecular formula is C17H20FN3O3S. The summed E-state index contributed by atoms with van der Waals surface area (Å²) in [5, 5.41) is 5.14. The molecule has 0 spiro atoms. The first kappa shape index (κ1) is 18.9. The highest BCUT2D eigenvalue weighted by Crippen LogP contribution is 2.18. The number of carbonyl (C=O) groups excluding carboxylic acids is 1. The number of benzene rings is 2. The Bertz CT molecular complexity index is 817. The molecule has 0 aliphatic carbocycles. The van der Waals surface area contributed by atoms with Crippen LogP contribution in [0.2, 0.25) is 0 Å². The van der Waals surface area contributed by atoms with Crippen LogP contribution >= 0.6 is 0 Å². The summed E-state index contributed by atoms with van der Waals surface area (Å²) in [7, 11) is -3.53. The van der Waals surface area contributed by atoms with Crippen LogP contribution < -0.4 is 10.6 Å². The molecule has 2 aromatic rings. The van der Waals surface area contributed by atoms with Crippen molar-refractivity contribution >= 4 is 27.4 Å². The summed E-state index contributed by atoms with van der Waals surface area (Å²) in [4.78, 5) is 12.1. The maximum atomic E-state index is 12.8. The van der Waals surface area contributed by atoms with Crippen LogP contribution in [0.1, 0.15) is 13.8 Å². The number of anilines is 2. The maximum Gasteiger partial charge on any atom is 0.323 e. The maximum absolute atomic E-state index is 12.8. The minimum absolute atomic E-state index is 0.167. The summed E-state index contributed by atoms with van der Waals surface area (Å²) in [5.41, 5.74) is 0.887. The zero-order valence-corrected chi connectivity index (χ0v) is 14.8. The van der Waals surface area contributed by atoms with Crippen molar-refractivity contribution in [1.82, 2.24) is 4.31 Å². The summed E-state index contributed by atoms with van der Waals surface area (Å²) >= 11 is 0. The lowest BCUT2D eigenvalue weighted by atomic mass is 10.3. The standard InChI is InChI=1S/C17H20FN3O3S/c1-3-21(4-2)25(23,24)16-11-9-15(10-12-16)20-17(22)19-14-7-5-13(18)6-8-14/h5-12H,3-4H2,1-2H3,(H2,19,20,22). The van der Waals surface area contributed by atoms with Crippen LogP contribution in [0.3, 0.4) is 0 Å². The van der Waals surface area contributed by atoms with Crippen molar-refractivity contribution in [2.24, 2.45) is 0 Å². The van der Waals surface area contributed by atoms with Crippen molar-refractivity contribution in [3.63, 3.8) is 0 Å². The van der Waals surface area contributed by atoms with Gasteiger partial charge in [-0.2, -0.15) is 4.31 Å². The second-order valence-corrected chi connectivity index (χ2v) is 7.14. The molecule has 0 unspecified atom stereocenters. The van der Waals surface area contributed by atoms with Gasteiger partial charge in [-0.1, -0.05) is 13.8 Å². The predicted octanol–water partition coefficient (Wildman–Crippen LogP) is 3.50. The highest BCUT2D eigenvalue weighted by atomic mass is 32.2. The number of halogens is 1. The number of amides is 2. The molecule has 0 radical (unpaired) electrons. The van der Waals surface area contributed by atoms with Gasteiger partial charge in [0.1, 0.15) is 5.82 Å². The van der Waals surface area contributed by atoms with Crippen LogP contribution in [-0.4, -0.2) is 31.8 Å². The fourth-order valence-corrected chi connectivity index (χ4v) is 3.71. The van der Waals surface area contributed by atoms with Crippen LogP contribution in [0.5, 0.6) is 0 Å². The van der Waals surface area contributed by atoms with Crippen molar-refractivity contribution in [2.45, 2.75) is 18.7 Å². The molecule has 0 atom stereocenters. The zero-order chi connectivity index (χ0) is 18.4. The Labute approximate surface area is 146 Å². The van der Waals surface area contributed by atoms with Gasteiger partial charge in [-0.25, -0.2) is 17.6 Å². The molecule has 2 amide bonds. The first-order chi connectivity index (χ1) is 11.9. The van der Waals surface area contributed by atoms with E-state index in [1.165, 1.54) is 52.8 Å². The molecule has 8 heteroatoms. The Morgan fingerprint density at radius 3 is 1.80 bits per heavy atom. The molecule has 0 heterocycles. The Kier molecular flexibility index (Phi) is 6.11. The van der Waals surface area contributed by atoms with Gasteiger partial charge in [-0.05, 0) is 48.5 Å². The molecule has 6 nitrogen and oxygen atoms in total. The van der Waals surface area contributed by atoms with E-state index in [1.54, 1.807) is 13.8 Å². The van der Waals surface area contributed by atoms with Gasteiger partial charge in [-0.15, -0.1) is 0 Å². The number of carbonyl (C=O) groups is 1. The molecule has 2 aromatic carbocycles. The Morgan fingerprint density at radius 1 is 0.920 bits per heavy atom. The molecule has 0 aliphatic rings. The van der Waals surface area contributed by atoms with E-state index in [4.69, 9.17) is 0 Å². The number of urea groups is 1. The summed E-state index contributed by atoms with van der Waals surface area (Å²) in [6.45, 7) is 4.32. The Balaban J connectivity index is 2.05. The SMILES string of the molecule is CCN(CC)S(=O)(=O)c1ccc(NC(=O)Nc2ccc(F)cc2)cc1. The van der Waals surface area contributed by atoms with Gasteiger partial charge in [0, 0.05) is 24.5 Å². The highest BCUT2D eigenvalue weighted by molar-refractivity contribution is 7.89. The number of hydrogen-bond acceptors (Lipinski definition) is 3. The second-order valence-electron chi connectivity index (χ2n) is 5.20. The first-order valence-corrected chi connectivity index (χ1v) is 9.24. The van der Waals surface area contributed by atoms with Crippen molar-refractivity contribution in [2.75, 3.05) is 23.7 Å². The quantitative estimate of drug-likeness (QED) is 0.822. The Morgan fingerprint density at radius 2 is 1.36 bits per heavy atom. The Hall–Kier alpha value is -2.45. The van der Waals surface area contributed by atoms with Gasteiger partial charge in [0.25, 0.3) is 0 Å². The molecule has 2 rings (SSSR count). The largest absolute Gasteiger partial charge is 0.323 e. The van der Waals surface area contributed by atoms with Gasteiger partial charge < -0.3 is 10.6 Å². The molecule has 25 heavy (non-hydrogen) atoms. The molecule has 0 saturated carbocycles. The lowest BCUT2D eigenvalue weighted by molar-refractivity contribution is 0.262. The normalized spacial score (nSPS) is 11.4. The molecule has 2 N–H and O–H groups in total. The average molecular weight is 365 g/mol. The van der Waals surface area contributed by atoms with Crippen LogP contribution in [0.25, 0.3) is 0 Å². The van der Waals surface area contributed by atoms with Crippen molar-refractivity contribution in [3.8, 4) is 0 Å². The summed E-state index contributed by atoms with van der Waals surface area (Å²) < 4.78 is 39.0. The van der Waals surface area contributed by atoms with Crippen LogP contribution in [-0.2, 0) is 10.0 Å². The minimum Gasteiger partial charge on any atom is -0.308 e. The molecule has 0 bridgehead atoms. The first-order valence-electron chi connectivity index (χ1n) is 7.80. The van der Waals surface area contributed by atoms with Gasteiger partial charge in [0.2, 0.25) is 10.0 Å². The van der Waals surface area contributed by atoms with Crippen molar-refractivity contribution in [3.05, 3.63) is 54.3 Å². The minimum atomic E-state index is -3.53. The van der Waals surface area contributed by atoms with Crippen molar-refractivity contribution < 1.29 is 17.6 Å². The van der Waals surface area contributed by atoms with E-state index in [0.717, 1.165) is 0 Å². The zero-order valence-electron chi connectivity index (χ0n) is 14.0. The van der Waals surface area contributed by atoms with Crippen LogP contribution in [0.4, 0.5) is 20.6 Å². The number of hydrogen-bond donors (Lipinski definition) is 2. The molecular weight excluding hydrogens is 345 g/mol. The average Bonchev–Trinajstić information content (AvgIpc) is 2.58. The predicted molar refractivity (Wildman–Crippen MR) is 95.6 cm³/mol. The molecule has 134 valence electrons. The van der Waals surface area contributed by atoms with E-state index in [0.29, 0.717) is 24.5 Å². The lowest BCUT2D eigenvalue weighted by Gasteiger charge is -2.18. The number of sulfonamides is 1. The molecule has 0 aromatic heterocycles. The van der Waals surface area contributed by atoms with Crippen LogP contribution in [0, 0.1) is 5.82 Å². The smallest absolute Gasteiger partial charge is 0.308 e. The fourth-order valence-electron chi connectivity index (χ4n) is 2.25. The monoisotopic (exact) mass is 365 g/mol. The van der Waals surface area contributed by atoms with E-state index >= 15 is 0 Å². The van der Waals surface area contributed by atoms with Gasteiger partial charge in [0.15, 0.2) is 0 Å². The number of rotatable bonds is 6. The molecule has 0 fully saturated rings. The van der Waals surface area contributed by atoms with E-state index in [1.807, 2.05) is 0 Å². The highest BCUT2D eigenvalue weighted by Gasteiger charge is 2.21. The topological polar surface area (TPSA) is 78.5 Å². The van der Waals surface area contributed by atoms with E-state index in [2.05, 4.69) is 10.6 Å². The van der Waals surface area contributed by atoms with Gasteiger partial charge >= 0.3 is 6.03 Å². The molecule has 0 saturated heterocycles. The van der Waals surface area contributed by atoms with Gasteiger partial charge in [0.05, 0.1) is 4.90 Å². The van der Waals surface area contributed by atoms with E-state index < -0.39 is 21.9 Å². The molecule has 0 aliphatic heterocycles. The van der Waals surface area contributed by atoms with E-state index in [9.17, 15) is 17.6 Å². The second kappa shape index (κ2) is 8.09. The third kappa shape index (κ3) is 4.77. The summed E-state index contributed by atoms with van der Waals surface area (Å²) in [6, 6.07) is 10.8. The number of nitrogens with one attached hydrogen (secondary N) is 2. The summed E-state index contributed by atoms with van der Waals surface area (Å²) in [6.07, 6.45) is 0. The van der Waals surface area contributed by atoms with Crippen molar-refractivity contribution in [1.29, 1.82) is 0 Å². The van der Waals surface area contributed by atoms with Gasteiger partial charge in [-0.3, -0.25) is 0 Å². The number of nitrogens with zero attached hydrogens (tertiary/aromatic N) is 1. The fraction of sp³-hybridized carbons (Fsp3) is 0.235. The van der Waals surface area contributed by atoms with Crippen LogP contribution in [0.15, 0.2) is 53.4 Å².